The van der Waals surface area contributed by atoms with Crippen LogP contribution in [-0.4, -0.2) is 11.0 Å². The summed E-state index contributed by atoms with van der Waals surface area (Å²) in [6, 6.07) is 10.5. The Kier molecular flexibility index (Phi) is 4.84. The van der Waals surface area contributed by atoms with E-state index in [0.717, 1.165) is 0 Å². The van der Waals surface area contributed by atoms with Gasteiger partial charge in [-0.3, -0.25) is 0 Å². The molecule has 0 radical (unpaired) electrons. The van der Waals surface area contributed by atoms with E-state index in [4.69, 9.17) is 10.9 Å². The molecule has 2 rings (SSSR count). The molecular weight excluding hydrogens is 276 g/mol. The average Bonchev–Trinajstić information content (AvgIpc) is 2.48. The van der Waals surface area contributed by atoms with Gasteiger partial charge in [-0.25, -0.2) is 8.78 Å². The van der Waals surface area contributed by atoms with Gasteiger partial charge in [-0.15, -0.1) is 0 Å². The van der Waals surface area contributed by atoms with Gasteiger partial charge in [0.15, 0.2) is 5.84 Å². The number of nitrogens with one attached hydrogen (secondary N) is 1. The molecule has 0 aromatic heterocycles. The number of amidine groups is 1. The lowest BCUT2D eigenvalue weighted by molar-refractivity contribution is 0.318. The fraction of sp³-hybridized carbons (Fsp3) is 0.133. The number of halogens is 2. The molecule has 0 saturated heterocycles. The average molecular weight is 291 g/mol. The highest BCUT2D eigenvalue weighted by molar-refractivity contribution is 5.97. The minimum Gasteiger partial charge on any atom is -0.409 e. The van der Waals surface area contributed by atoms with Gasteiger partial charge in [0.1, 0.15) is 11.6 Å². The van der Waals surface area contributed by atoms with E-state index in [2.05, 4.69) is 10.5 Å². The summed E-state index contributed by atoms with van der Waals surface area (Å²) >= 11 is 0. The van der Waals surface area contributed by atoms with Crippen molar-refractivity contribution in [3.8, 4) is 0 Å². The molecule has 2 aromatic carbocycles. The van der Waals surface area contributed by atoms with E-state index >= 15 is 0 Å². The fourth-order valence-corrected chi connectivity index (χ4v) is 1.94. The largest absolute Gasteiger partial charge is 0.409 e. The van der Waals surface area contributed by atoms with Gasteiger partial charge in [0, 0.05) is 24.2 Å². The zero-order valence-electron chi connectivity index (χ0n) is 11.2. The van der Waals surface area contributed by atoms with Crippen LogP contribution in [0.5, 0.6) is 0 Å². The van der Waals surface area contributed by atoms with Crippen LogP contribution >= 0.6 is 0 Å². The Morgan fingerprint density at radius 3 is 2.62 bits per heavy atom. The molecule has 0 aliphatic rings. The topological polar surface area (TPSA) is 70.6 Å². The third-order valence-corrected chi connectivity index (χ3v) is 2.96. The molecule has 0 aliphatic carbocycles. The van der Waals surface area contributed by atoms with Crippen LogP contribution in [-0.2, 0) is 13.1 Å². The van der Waals surface area contributed by atoms with Crippen LogP contribution in [0.1, 0.15) is 16.7 Å². The van der Waals surface area contributed by atoms with Gasteiger partial charge in [0.25, 0.3) is 0 Å². The van der Waals surface area contributed by atoms with Crippen molar-refractivity contribution in [1.82, 2.24) is 5.32 Å². The molecule has 0 heterocycles. The van der Waals surface area contributed by atoms with Gasteiger partial charge in [0.05, 0.1) is 0 Å². The molecule has 21 heavy (non-hydrogen) atoms. The summed E-state index contributed by atoms with van der Waals surface area (Å²) in [5.74, 6) is -0.937. The van der Waals surface area contributed by atoms with E-state index in [1.54, 1.807) is 24.3 Å². The van der Waals surface area contributed by atoms with Gasteiger partial charge in [-0.1, -0.05) is 23.4 Å². The van der Waals surface area contributed by atoms with Crippen molar-refractivity contribution in [2.45, 2.75) is 13.1 Å². The Labute approximate surface area is 120 Å². The molecule has 0 fully saturated rings. The molecule has 6 heteroatoms. The van der Waals surface area contributed by atoms with Crippen molar-refractivity contribution >= 4 is 5.84 Å². The summed E-state index contributed by atoms with van der Waals surface area (Å²) < 4.78 is 26.9. The summed E-state index contributed by atoms with van der Waals surface area (Å²) in [6.07, 6.45) is 0. The Morgan fingerprint density at radius 1 is 1.14 bits per heavy atom. The Balaban J connectivity index is 2.04. The molecule has 2 aromatic rings. The van der Waals surface area contributed by atoms with Crippen LogP contribution in [0.4, 0.5) is 8.78 Å². The third-order valence-electron chi connectivity index (χ3n) is 2.96. The highest BCUT2D eigenvalue weighted by Gasteiger charge is 2.05. The van der Waals surface area contributed by atoms with E-state index in [1.165, 1.54) is 18.2 Å². The van der Waals surface area contributed by atoms with Crippen molar-refractivity contribution in [1.29, 1.82) is 0 Å². The lowest BCUT2D eigenvalue weighted by atomic mass is 10.1. The second kappa shape index (κ2) is 6.81. The van der Waals surface area contributed by atoms with Crippen LogP contribution in [0.3, 0.4) is 0 Å². The number of nitrogens with two attached hydrogens (primary N) is 1. The first-order valence-electron chi connectivity index (χ1n) is 6.31. The maximum absolute atomic E-state index is 13.5. The summed E-state index contributed by atoms with van der Waals surface area (Å²) in [4.78, 5) is 0. The van der Waals surface area contributed by atoms with E-state index in [9.17, 15) is 8.78 Å². The molecule has 4 N–H and O–H groups in total. The van der Waals surface area contributed by atoms with Crippen molar-refractivity contribution < 1.29 is 14.0 Å². The van der Waals surface area contributed by atoms with Gasteiger partial charge in [-0.2, -0.15) is 0 Å². The maximum Gasteiger partial charge on any atom is 0.170 e. The predicted octanol–water partition coefficient (Wildman–Crippen LogP) is 2.35. The molecule has 0 amide bonds. The maximum atomic E-state index is 13.5. The molecule has 4 nitrogen and oxygen atoms in total. The Bertz CT molecular complexity index is 659. The van der Waals surface area contributed by atoms with E-state index in [1.807, 2.05) is 0 Å². The molecule has 0 spiro atoms. The zero-order chi connectivity index (χ0) is 15.2. The minimum atomic E-state index is -0.484. The Hall–Kier alpha value is -2.47. The van der Waals surface area contributed by atoms with Crippen molar-refractivity contribution in [2.75, 3.05) is 0 Å². The highest BCUT2D eigenvalue weighted by atomic mass is 19.1. The number of hydrogen-bond donors (Lipinski definition) is 3. The Morgan fingerprint density at radius 2 is 1.90 bits per heavy atom. The molecule has 0 atom stereocenters. The SMILES string of the molecule is N/C(=N/O)c1cc(F)cc(CNCc2ccccc2F)c1. The van der Waals surface area contributed by atoms with Crippen LogP contribution in [0.2, 0.25) is 0 Å². The summed E-state index contributed by atoms with van der Waals surface area (Å²) in [5, 5.41) is 14.5. The summed E-state index contributed by atoms with van der Waals surface area (Å²) in [5.41, 5.74) is 6.88. The van der Waals surface area contributed by atoms with Crippen molar-refractivity contribution in [2.24, 2.45) is 10.9 Å². The van der Waals surface area contributed by atoms with Gasteiger partial charge in [-0.05, 0) is 29.8 Å². The normalized spacial score (nSPS) is 11.6. The first-order chi connectivity index (χ1) is 10.1. The number of hydrogen-bond acceptors (Lipinski definition) is 3. The molecule has 110 valence electrons. The zero-order valence-corrected chi connectivity index (χ0v) is 11.2. The van der Waals surface area contributed by atoms with Crippen LogP contribution in [0, 0.1) is 11.6 Å². The van der Waals surface area contributed by atoms with Gasteiger partial charge in [0.2, 0.25) is 0 Å². The monoisotopic (exact) mass is 291 g/mol. The number of nitrogens with zero attached hydrogens (tertiary/aromatic N) is 1. The number of benzene rings is 2. The smallest absolute Gasteiger partial charge is 0.170 e. The first kappa shape index (κ1) is 14.9. The lowest BCUT2D eigenvalue weighted by Crippen LogP contribution is -2.16. The van der Waals surface area contributed by atoms with E-state index < -0.39 is 5.82 Å². The minimum absolute atomic E-state index is 0.162. The molecule has 0 aliphatic heterocycles. The highest BCUT2D eigenvalue weighted by Crippen LogP contribution is 2.10. The van der Waals surface area contributed by atoms with Crippen LogP contribution in [0.15, 0.2) is 47.6 Å². The van der Waals surface area contributed by atoms with Crippen LogP contribution in [0.25, 0.3) is 0 Å². The first-order valence-corrected chi connectivity index (χ1v) is 6.31. The second-order valence-corrected chi connectivity index (χ2v) is 4.53. The fourth-order valence-electron chi connectivity index (χ4n) is 1.94. The molecule has 0 saturated carbocycles. The quantitative estimate of drug-likeness (QED) is 0.343. The van der Waals surface area contributed by atoms with E-state index in [-0.39, 0.29) is 11.7 Å². The van der Waals surface area contributed by atoms with Crippen LogP contribution < -0.4 is 11.1 Å². The van der Waals surface area contributed by atoms with Gasteiger partial charge < -0.3 is 16.3 Å². The second-order valence-electron chi connectivity index (χ2n) is 4.53. The van der Waals surface area contributed by atoms with Crippen molar-refractivity contribution in [3.05, 3.63) is 70.8 Å². The predicted molar refractivity (Wildman–Crippen MR) is 75.9 cm³/mol. The van der Waals surface area contributed by atoms with Crippen molar-refractivity contribution in [3.63, 3.8) is 0 Å². The summed E-state index contributed by atoms with van der Waals surface area (Å²) in [6.45, 7) is 0.653. The third kappa shape index (κ3) is 4.00. The molecular formula is C15H15F2N3O. The molecule has 0 bridgehead atoms. The number of oxime groups is 1. The summed E-state index contributed by atoms with van der Waals surface area (Å²) in [7, 11) is 0. The van der Waals surface area contributed by atoms with E-state index in [0.29, 0.717) is 29.8 Å². The molecule has 0 unspecified atom stereocenters. The lowest BCUT2D eigenvalue weighted by Gasteiger charge is -2.08. The standard InChI is InChI=1S/C15H15F2N3O/c16-13-6-10(5-12(7-13)15(18)20-21)8-19-9-11-3-1-2-4-14(11)17/h1-7,19,21H,8-9H2,(H2,18,20). The van der Waals surface area contributed by atoms with Gasteiger partial charge >= 0.3 is 0 Å². The number of rotatable bonds is 5.